The van der Waals surface area contributed by atoms with Crippen LogP contribution in [0.5, 0.6) is 11.5 Å². The van der Waals surface area contributed by atoms with E-state index in [2.05, 4.69) is 193 Å². The smallest absolute Gasteiger partial charge is 0.509 e. The molecule has 0 saturated heterocycles. The Kier molecular flexibility index (Phi) is 13.9. The Morgan fingerprint density at radius 1 is 0.526 bits per heavy atom. The Balaban J connectivity index is 0.00000645. The number of rotatable bonds is 11. The van der Waals surface area contributed by atoms with E-state index in [1.54, 1.807) is 0 Å². The molecular formula is C70H56F2N4OPt+2. The first-order chi connectivity index (χ1) is 37.2. The normalized spacial score (nSPS) is 12.2. The summed E-state index contributed by atoms with van der Waals surface area (Å²) in [5, 5.41) is 2.12. The molecule has 0 unspecified atom stereocenters. The van der Waals surface area contributed by atoms with E-state index in [4.69, 9.17) is 9.72 Å². The molecule has 9 aromatic carbocycles. The zero-order valence-corrected chi connectivity index (χ0v) is 46.7. The van der Waals surface area contributed by atoms with Gasteiger partial charge in [0.1, 0.15) is 23.1 Å². The van der Waals surface area contributed by atoms with E-state index in [9.17, 15) is 0 Å². The van der Waals surface area contributed by atoms with Crippen molar-refractivity contribution in [1.29, 1.82) is 0 Å². The van der Waals surface area contributed by atoms with E-state index < -0.39 is 11.6 Å². The first kappa shape index (κ1) is 51.7. The number of hydrogen-bond acceptors (Lipinski definition) is 2. The summed E-state index contributed by atoms with van der Waals surface area (Å²) < 4.78 is 43.8. The molecule has 0 spiro atoms. The van der Waals surface area contributed by atoms with Gasteiger partial charge in [-0.05, 0) is 114 Å². The zero-order chi connectivity index (χ0) is 53.1. The third-order valence-corrected chi connectivity index (χ3v) is 14.6. The second-order valence-corrected chi connectivity index (χ2v) is 21.6. The number of pyridine rings is 1. The van der Waals surface area contributed by atoms with Crippen LogP contribution in [-0.2, 0) is 26.5 Å². The van der Waals surface area contributed by atoms with Gasteiger partial charge in [-0.25, -0.2) is 13.8 Å². The Hall–Kier alpha value is -8.34. The average molecular weight is 1200 g/mol. The van der Waals surface area contributed by atoms with Crippen LogP contribution in [0.4, 0.5) is 31.5 Å². The molecular weight excluding hydrogens is 1150 g/mol. The van der Waals surface area contributed by atoms with E-state index >= 15 is 8.78 Å². The van der Waals surface area contributed by atoms with Gasteiger partial charge in [0.2, 0.25) is 5.69 Å². The fourth-order valence-electron chi connectivity index (χ4n) is 10.5. The molecule has 0 atom stereocenters. The fraction of sp³-hybridized carbons (Fsp3) is 0.143. The van der Waals surface area contributed by atoms with Crippen LogP contribution in [0.3, 0.4) is 0 Å². The molecule has 384 valence electrons. The predicted molar refractivity (Wildman–Crippen MR) is 312 cm³/mol. The quantitative estimate of drug-likeness (QED) is 0.0955. The third-order valence-electron chi connectivity index (χ3n) is 14.6. The molecule has 11 aromatic rings. The van der Waals surface area contributed by atoms with Crippen molar-refractivity contribution in [2.75, 3.05) is 0 Å². The Labute approximate surface area is 469 Å². The van der Waals surface area contributed by atoms with Crippen molar-refractivity contribution in [2.45, 2.75) is 65.7 Å². The number of benzene rings is 9. The molecule has 3 heterocycles. The van der Waals surface area contributed by atoms with Crippen LogP contribution in [-0.4, -0.2) is 15.6 Å². The molecule has 1 aliphatic heterocycles. The average Bonchev–Trinajstić information content (AvgIpc) is 4.02. The van der Waals surface area contributed by atoms with Crippen molar-refractivity contribution >= 4 is 50.6 Å². The van der Waals surface area contributed by atoms with Gasteiger partial charge in [-0.1, -0.05) is 180 Å². The minimum atomic E-state index is -0.656. The van der Waals surface area contributed by atoms with E-state index in [1.165, 1.54) is 28.8 Å². The Bertz CT molecular complexity index is 4140. The molecule has 8 heteroatoms. The monoisotopic (exact) mass is 1200 g/mol. The molecule has 0 fully saturated rings. The van der Waals surface area contributed by atoms with E-state index in [0.29, 0.717) is 28.3 Å². The molecule has 0 amide bonds. The Morgan fingerprint density at radius 3 is 1.79 bits per heavy atom. The molecule has 0 bridgehead atoms. The first-order valence-corrected chi connectivity index (χ1v) is 26.3. The molecule has 5 nitrogen and oxygen atoms in total. The van der Waals surface area contributed by atoms with Crippen LogP contribution in [0.2, 0.25) is 0 Å². The molecule has 0 N–H and O–H groups in total. The standard InChI is InChI=1S/C70H56F2N4O.Pt/c1-44(2)49-32-50(45(3)4)34-52(33-49)60-19-15-20-61(53-35-55(71)40-56(72)36-53)69(60)75-43-74(65-22-13-14-23-66(65)75)57-37-51(48-26-24-47(25-27-48)46-16-9-8-10-17-46)38-59(41-57)77-58-28-29-63-62-18-11-12-21-64(62)76(67(63)42-58)68-39-54(30-31-73-68)70(5,6)7;/h8-40,44-45H,1-7H3;/q;+2. The molecule has 0 aliphatic carbocycles. The van der Waals surface area contributed by atoms with Gasteiger partial charge in [-0.3, -0.25) is 0 Å². The summed E-state index contributed by atoms with van der Waals surface area (Å²) in [5.41, 5.74) is 15.5. The van der Waals surface area contributed by atoms with Gasteiger partial charge < -0.3 is 9.30 Å². The second-order valence-electron chi connectivity index (χ2n) is 21.6. The van der Waals surface area contributed by atoms with Crippen LogP contribution in [0, 0.1) is 23.8 Å². The van der Waals surface area contributed by atoms with Gasteiger partial charge in [-0.15, -0.1) is 29.1 Å². The topological polar surface area (TPSA) is 33.1 Å². The Morgan fingerprint density at radius 2 is 1.13 bits per heavy atom. The summed E-state index contributed by atoms with van der Waals surface area (Å²) in [6.45, 7) is 15.4. The molecule has 0 saturated carbocycles. The number of para-hydroxylation sites is 4. The maximum atomic E-state index is 15.3. The molecule has 1 aliphatic rings. The number of nitrogens with zero attached hydrogens (tertiary/aromatic N) is 4. The van der Waals surface area contributed by atoms with Gasteiger partial charge in [0.05, 0.1) is 11.1 Å². The van der Waals surface area contributed by atoms with Crippen molar-refractivity contribution < 1.29 is 34.6 Å². The zero-order valence-electron chi connectivity index (χ0n) is 44.5. The minimum Gasteiger partial charge on any atom is -0.509 e. The number of fused-ring (bicyclic) bond motifs is 4. The van der Waals surface area contributed by atoms with Crippen LogP contribution < -0.4 is 13.9 Å². The van der Waals surface area contributed by atoms with Crippen molar-refractivity contribution in [1.82, 2.24) is 18.7 Å². The van der Waals surface area contributed by atoms with Gasteiger partial charge in [0.25, 0.3) is 11.4 Å². The van der Waals surface area contributed by atoms with Crippen LogP contribution >= 0.6 is 0 Å². The maximum absolute atomic E-state index is 15.3. The number of ether oxygens (including phenoxy) is 1. The predicted octanol–water partition coefficient (Wildman–Crippen LogP) is 18.9. The summed E-state index contributed by atoms with van der Waals surface area (Å²) in [6.07, 6.45) is 1.88. The van der Waals surface area contributed by atoms with Crippen LogP contribution in [0.1, 0.15) is 77.0 Å². The molecule has 2 aromatic heterocycles. The van der Waals surface area contributed by atoms with Crippen molar-refractivity contribution in [3.8, 4) is 61.8 Å². The van der Waals surface area contributed by atoms with Gasteiger partial charge >= 0.3 is 27.1 Å². The summed E-state index contributed by atoms with van der Waals surface area (Å²) >= 11 is 0. The largest absolute Gasteiger partial charge is 2.00 e. The van der Waals surface area contributed by atoms with Crippen molar-refractivity contribution in [3.05, 3.63) is 241 Å². The van der Waals surface area contributed by atoms with Gasteiger partial charge in [-0.2, -0.15) is 6.07 Å². The molecule has 0 radical (unpaired) electrons. The van der Waals surface area contributed by atoms with E-state index in [0.717, 1.165) is 84.1 Å². The van der Waals surface area contributed by atoms with Crippen LogP contribution in [0.25, 0.3) is 72.1 Å². The summed E-state index contributed by atoms with van der Waals surface area (Å²) in [4.78, 5) is 4.90. The van der Waals surface area contributed by atoms with E-state index in [1.807, 2.05) is 69.9 Å². The number of hydrogen-bond donors (Lipinski definition) is 0. The van der Waals surface area contributed by atoms with E-state index in [-0.39, 0.29) is 38.3 Å². The van der Waals surface area contributed by atoms with Gasteiger partial charge in [0.15, 0.2) is 0 Å². The SMILES string of the molecule is CC(C)c1cc(-c2cccc(-c3cc(F)cc(F)c3)c2[N+]2=C=[N+](c3[c-]c(Oc4[c-]c5c(cc4)c4ccccc4n5-c4cc(C(C)(C)C)ccn4)cc(-c4ccc(-c5ccccc5)cc4)c3)c3ccccc32)cc(C(C)C)c1.[Pt+2]. The first-order valence-electron chi connectivity index (χ1n) is 26.3. The fourth-order valence-corrected chi connectivity index (χ4v) is 10.5. The molecule has 12 rings (SSSR count). The summed E-state index contributed by atoms with van der Waals surface area (Å²) in [5.74, 6) is 0.992. The number of halogens is 2. The minimum absolute atomic E-state index is 0. The van der Waals surface area contributed by atoms with Crippen molar-refractivity contribution in [2.24, 2.45) is 0 Å². The van der Waals surface area contributed by atoms with Crippen molar-refractivity contribution in [3.63, 3.8) is 0 Å². The second kappa shape index (κ2) is 20.9. The maximum Gasteiger partial charge on any atom is 2.00 e. The third kappa shape index (κ3) is 9.85. The number of aromatic nitrogens is 2. The van der Waals surface area contributed by atoms with Crippen LogP contribution in [0.15, 0.2) is 200 Å². The summed E-state index contributed by atoms with van der Waals surface area (Å²) in [6, 6.07) is 75.3. The summed E-state index contributed by atoms with van der Waals surface area (Å²) in [7, 11) is 0. The van der Waals surface area contributed by atoms with Gasteiger partial charge in [0, 0.05) is 41.4 Å². The molecule has 78 heavy (non-hydrogen) atoms.